The summed E-state index contributed by atoms with van der Waals surface area (Å²) in [7, 11) is 0. The molecule has 0 saturated carbocycles. The predicted molar refractivity (Wildman–Crippen MR) is 97.7 cm³/mol. The summed E-state index contributed by atoms with van der Waals surface area (Å²) in [6, 6.07) is 13.0. The first-order chi connectivity index (χ1) is 13.2. The number of aryl methyl sites for hydroxylation is 1. The molecular formula is C20H20N4O3. The third-order valence-electron chi connectivity index (χ3n) is 4.54. The Bertz CT molecular complexity index is 908. The second-order valence-corrected chi connectivity index (χ2v) is 6.49. The van der Waals surface area contributed by atoms with Gasteiger partial charge in [0.15, 0.2) is 5.82 Å². The number of aromatic nitrogens is 3. The fourth-order valence-corrected chi connectivity index (χ4v) is 3.06. The molecule has 1 fully saturated rings. The average Bonchev–Trinajstić information content (AvgIpc) is 3.20. The van der Waals surface area contributed by atoms with Crippen LogP contribution >= 0.6 is 0 Å². The maximum atomic E-state index is 12.9. The van der Waals surface area contributed by atoms with Crippen molar-refractivity contribution < 1.29 is 14.1 Å². The minimum atomic E-state index is -0.356. The Morgan fingerprint density at radius 3 is 2.85 bits per heavy atom. The number of benzene rings is 1. The van der Waals surface area contributed by atoms with Crippen molar-refractivity contribution in [2.75, 3.05) is 19.8 Å². The average molecular weight is 364 g/mol. The van der Waals surface area contributed by atoms with Gasteiger partial charge in [0, 0.05) is 24.0 Å². The molecule has 3 heterocycles. The molecule has 0 radical (unpaired) electrons. The van der Waals surface area contributed by atoms with Crippen LogP contribution in [0.4, 0.5) is 0 Å². The Balaban J connectivity index is 1.53. The third kappa shape index (κ3) is 3.88. The van der Waals surface area contributed by atoms with Crippen LogP contribution < -0.4 is 0 Å². The third-order valence-corrected chi connectivity index (χ3v) is 4.54. The Kier molecular flexibility index (Phi) is 4.93. The Hall–Kier alpha value is -3.06. The van der Waals surface area contributed by atoms with Gasteiger partial charge in [-0.25, -0.2) is 0 Å². The number of nitrogens with zero attached hydrogens (tertiary/aromatic N) is 4. The quantitative estimate of drug-likeness (QED) is 0.708. The zero-order valence-corrected chi connectivity index (χ0v) is 15.0. The van der Waals surface area contributed by atoms with Gasteiger partial charge in [0.05, 0.1) is 19.6 Å². The number of hydrogen-bond donors (Lipinski definition) is 0. The van der Waals surface area contributed by atoms with Crippen molar-refractivity contribution in [3.8, 4) is 11.5 Å². The molecule has 1 aromatic carbocycles. The molecule has 0 aliphatic carbocycles. The van der Waals surface area contributed by atoms with Gasteiger partial charge >= 0.3 is 0 Å². The number of amides is 1. The second kappa shape index (κ2) is 7.67. The van der Waals surface area contributed by atoms with E-state index in [4.69, 9.17) is 9.26 Å². The van der Waals surface area contributed by atoms with Crippen LogP contribution in [-0.2, 0) is 16.0 Å². The highest BCUT2D eigenvalue weighted by molar-refractivity contribution is 5.79. The molecule has 1 saturated heterocycles. The molecule has 2 aromatic heterocycles. The van der Waals surface area contributed by atoms with Crippen molar-refractivity contribution >= 4 is 5.91 Å². The van der Waals surface area contributed by atoms with Crippen LogP contribution in [0.15, 0.2) is 53.2 Å². The van der Waals surface area contributed by atoms with Gasteiger partial charge in [-0.3, -0.25) is 9.78 Å². The van der Waals surface area contributed by atoms with Crippen LogP contribution in [0.1, 0.15) is 23.1 Å². The number of carbonyl (C=O) groups excluding carboxylic acids is 1. The fourth-order valence-electron chi connectivity index (χ4n) is 3.06. The maximum absolute atomic E-state index is 12.9. The van der Waals surface area contributed by atoms with Crippen LogP contribution in [0.5, 0.6) is 0 Å². The van der Waals surface area contributed by atoms with Crippen LogP contribution in [0.25, 0.3) is 11.5 Å². The van der Waals surface area contributed by atoms with E-state index in [2.05, 4.69) is 15.1 Å². The number of rotatable bonds is 4. The normalized spacial score (nSPS) is 17.1. The van der Waals surface area contributed by atoms with Gasteiger partial charge in [-0.2, -0.15) is 4.98 Å². The van der Waals surface area contributed by atoms with Gasteiger partial charge in [0.2, 0.25) is 5.91 Å². The van der Waals surface area contributed by atoms with Crippen molar-refractivity contribution in [3.05, 3.63) is 65.7 Å². The number of carbonyl (C=O) groups is 1. The molecular weight excluding hydrogens is 344 g/mol. The molecule has 1 aliphatic heterocycles. The lowest BCUT2D eigenvalue weighted by Crippen LogP contribution is -2.44. The summed E-state index contributed by atoms with van der Waals surface area (Å²) in [6.07, 6.45) is 2.03. The molecule has 1 aliphatic rings. The largest absolute Gasteiger partial charge is 0.377 e. The first-order valence-electron chi connectivity index (χ1n) is 8.88. The first-order valence-corrected chi connectivity index (χ1v) is 8.88. The van der Waals surface area contributed by atoms with E-state index in [1.54, 1.807) is 11.1 Å². The van der Waals surface area contributed by atoms with E-state index in [1.807, 2.05) is 49.4 Å². The van der Waals surface area contributed by atoms with Crippen LogP contribution in [0.3, 0.4) is 0 Å². The molecule has 0 N–H and O–H groups in total. The van der Waals surface area contributed by atoms with E-state index in [0.29, 0.717) is 31.5 Å². The molecule has 7 nitrogen and oxygen atoms in total. The van der Waals surface area contributed by atoms with Crippen molar-refractivity contribution in [3.63, 3.8) is 0 Å². The summed E-state index contributed by atoms with van der Waals surface area (Å²) >= 11 is 0. The summed E-state index contributed by atoms with van der Waals surface area (Å²) in [6.45, 7) is 3.27. The van der Waals surface area contributed by atoms with Gasteiger partial charge in [0.1, 0.15) is 6.04 Å². The lowest BCUT2D eigenvalue weighted by atomic mass is 10.1. The smallest absolute Gasteiger partial charge is 0.257 e. The number of ether oxygens (including phenoxy) is 1. The van der Waals surface area contributed by atoms with Gasteiger partial charge in [-0.1, -0.05) is 29.4 Å². The molecule has 7 heteroatoms. The van der Waals surface area contributed by atoms with E-state index < -0.39 is 0 Å². The second-order valence-electron chi connectivity index (χ2n) is 6.49. The topological polar surface area (TPSA) is 81.4 Å². The van der Waals surface area contributed by atoms with Crippen molar-refractivity contribution in [1.29, 1.82) is 0 Å². The molecule has 1 unspecified atom stereocenters. The number of morpholine rings is 1. The molecule has 27 heavy (non-hydrogen) atoms. The highest BCUT2D eigenvalue weighted by Gasteiger charge is 2.32. The molecule has 0 bridgehead atoms. The molecule has 3 aromatic rings. The summed E-state index contributed by atoms with van der Waals surface area (Å²) in [5.74, 6) is 0.898. The van der Waals surface area contributed by atoms with E-state index in [-0.39, 0.29) is 18.4 Å². The van der Waals surface area contributed by atoms with Gasteiger partial charge < -0.3 is 14.2 Å². The summed E-state index contributed by atoms with van der Waals surface area (Å²) < 4.78 is 11.0. The minimum Gasteiger partial charge on any atom is -0.377 e. The van der Waals surface area contributed by atoms with Crippen molar-refractivity contribution in [2.45, 2.75) is 19.4 Å². The lowest BCUT2D eigenvalue weighted by molar-refractivity contribution is -0.139. The van der Waals surface area contributed by atoms with Crippen molar-refractivity contribution in [1.82, 2.24) is 20.0 Å². The minimum absolute atomic E-state index is 0.0000131. The zero-order valence-electron chi connectivity index (χ0n) is 15.0. The van der Waals surface area contributed by atoms with E-state index in [1.165, 1.54) is 0 Å². The predicted octanol–water partition coefficient (Wildman–Crippen LogP) is 2.58. The standard InChI is InChI=1S/C20H20N4O3/c1-14-7-8-15(12-21-14)11-18(25)24-9-10-26-13-17(24)19-22-20(27-23-19)16-5-3-2-4-6-16/h2-8,12,17H,9-11,13H2,1H3. The highest BCUT2D eigenvalue weighted by Crippen LogP contribution is 2.25. The zero-order chi connectivity index (χ0) is 18.6. The molecule has 0 spiro atoms. The SMILES string of the molecule is Cc1ccc(CC(=O)N2CCOCC2c2noc(-c3ccccc3)n2)cn1. The first kappa shape index (κ1) is 17.4. The van der Waals surface area contributed by atoms with Gasteiger partial charge in [-0.15, -0.1) is 0 Å². The fraction of sp³-hybridized carbons (Fsp3) is 0.300. The van der Waals surface area contributed by atoms with Gasteiger partial charge in [-0.05, 0) is 30.7 Å². The highest BCUT2D eigenvalue weighted by atomic mass is 16.5. The van der Waals surface area contributed by atoms with E-state index >= 15 is 0 Å². The lowest BCUT2D eigenvalue weighted by Gasteiger charge is -2.33. The summed E-state index contributed by atoms with van der Waals surface area (Å²) in [5.41, 5.74) is 2.65. The number of hydrogen-bond acceptors (Lipinski definition) is 6. The molecule has 1 amide bonds. The summed E-state index contributed by atoms with van der Waals surface area (Å²) in [4.78, 5) is 23.4. The van der Waals surface area contributed by atoms with Crippen molar-refractivity contribution in [2.24, 2.45) is 0 Å². The Morgan fingerprint density at radius 2 is 2.07 bits per heavy atom. The van der Waals surface area contributed by atoms with Crippen LogP contribution in [0, 0.1) is 6.92 Å². The van der Waals surface area contributed by atoms with Crippen LogP contribution in [0.2, 0.25) is 0 Å². The van der Waals surface area contributed by atoms with Crippen LogP contribution in [-0.4, -0.2) is 45.7 Å². The van der Waals surface area contributed by atoms with E-state index in [0.717, 1.165) is 16.8 Å². The maximum Gasteiger partial charge on any atom is 0.257 e. The summed E-state index contributed by atoms with van der Waals surface area (Å²) in [5, 5.41) is 4.10. The molecule has 138 valence electrons. The van der Waals surface area contributed by atoms with Gasteiger partial charge in [0.25, 0.3) is 5.89 Å². The number of pyridine rings is 1. The Morgan fingerprint density at radius 1 is 1.22 bits per heavy atom. The van der Waals surface area contributed by atoms with E-state index in [9.17, 15) is 4.79 Å². The molecule has 1 atom stereocenters. The molecule has 4 rings (SSSR count). The Labute approximate surface area is 157 Å². The monoisotopic (exact) mass is 364 g/mol.